The Bertz CT molecular complexity index is 741. The summed E-state index contributed by atoms with van der Waals surface area (Å²) in [6.07, 6.45) is 0.391. The van der Waals surface area contributed by atoms with E-state index >= 15 is 0 Å². The lowest BCUT2D eigenvalue weighted by molar-refractivity contribution is -0.132. The molecule has 2 atom stereocenters. The van der Waals surface area contributed by atoms with E-state index in [1.54, 1.807) is 4.90 Å². The molecule has 0 radical (unpaired) electrons. The number of benzene rings is 1. The van der Waals surface area contributed by atoms with Gasteiger partial charge in [-0.1, -0.05) is 12.1 Å². The Labute approximate surface area is 176 Å². The van der Waals surface area contributed by atoms with Crippen LogP contribution in [0.15, 0.2) is 36.0 Å². The van der Waals surface area contributed by atoms with Crippen LogP contribution in [0.25, 0.3) is 0 Å². The Kier molecular flexibility index (Phi) is 7.64. The summed E-state index contributed by atoms with van der Waals surface area (Å²) in [5, 5.41) is 13.9. The highest BCUT2D eigenvalue weighted by molar-refractivity contribution is 5.91. The van der Waals surface area contributed by atoms with Crippen LogP contribution < -0.4 is 14.8 Å². The van der Waals surface area contributed by atoms with E-state index in [4.69, 9.17) is 23.7 Å². The third-order valence-corrected chi connectivity index (χ3v) is 5.31. The molecule has 1 amide bonds. The molecule has 30 heavy (non-hydrogen) atoms. The summed E-state index contributed by atoms with van der Waals surface area (Å²) in [4.78, 5) is 14.4. The summed E-state index contributed by atoms with van der Waals surface area (Å²) in [7, 11) is 4.26. The van der Waals surface area contributed by atoms with Crippen LogP contribution in [-0.2, 0) is 19.0 Å². The van der Waals surface area contributed by atoms with Crippen LogP contribution in [-0.4, -0.2) is 81.7 Å². The monoisotopic (exact) mass is 422 g/mol. The predicted molar refractivity (Wildman–Crippen MR) is 108 cm³/mol. The fraction of sp³-hybridized carbons (Fsp3) is 0.571. The van der Waals surface area contributed by atoms with Gasteiger partial charge in [0.2, 0.25) is 0 Å². The molecule has 2 aliphatic rings. The van der Waals surface area contributed by atoms with E-state index in [2.05, 4.69) is 5.32 Å². The fourth-order valence-corrected chi connectivity index (χ4v) is 3.60. The number of nitrogens with zero attached hydrogens (tertiary/aromatic N) is 1. The first kappa shape index (κ1) is 22.0. The maximum atomic E-state index is 12.7. The van der Waals surface area contributed by atoms with Crippen LogP contribution in [0.2, 0.25) is 0 Å². The van der Waals surface area contributed by atoms with E-state index < -0.39 is 12.2 Å². The molecule has 2 heterocycles. The molecule has 9 heteroatoms. The first-order valence-electron chi connectivity index (χ1n) is 10.0. The number of nitrogens with one attached hydrogen (secondary N) is 1. The standard InChI is InChI=1S/C21H30N2O7/c1-26-19(21(27-2)28-3)20(25)23-10-8-14(9-11-23)22-12-15(24)18-13-29-16-6-4-5-7-17(16)30-18/h4-7,14-15,18,22,24H,8-13H2,1-3H3. The number of aliphatic hydroxyl groups is 1. The molecule has 9 nitrogen and oxygen atoms in total. The van der Waals surface area contributed by atoms with Crippen molar-refractivity contribution in [3.05, 3.63) is 36.0 Å². The van der Waals surface area contributed by atoms with Crippen molar-refractivity contribution >= 4 is 5.91 Å². The predicted octanol–water partition coefficient (Wildman–Crippen LogP) is 0.876. The fourth-order valence-electron chi connectivity index (χ4n) is 3.60. The molecular weight excluding hydrogens is 392 g/mol. The number of hydrogen-bond acceptors (Lipinski definition) is 8. The van der Waals surface area contributed by atoms with E-state index in [1.165, 1.54) is 21.3 Å². The van der Waals surface area contributed by atoms with E-state index in [1.807, 2.05) is 24.3 Å². The summed E-state index contributed by atoms with van der Waals surface area (Å²) in [6, 6.07) is 7.62. The Balaban J connectivity index is 1.45. The van der Waals surface area contributed by atoms with Crippen LogP contribution in [0.5, 0.6) is 11.5 Å². The van der Waals surface area contributed by atoms with Crippen LogP contribution in [0.4, 0.5) is 0 Å². The van der Waals surface area contributed by atoms with Gasteiger partial charge >= 0.3 is 5.95 Å². The van der Waals surface area contributed by atoms with Crippen molar-refractivity contribution in [2.45, 2.75) is 31.1 Å². The second-order valence-corrected chi connectivity index (χ2v) is 7.19. The van der Waals surface area contributed by atoms with Crippen LogP contribution in [0.3, 0.4) is 0 Å². The van der Waals surface area contributed by atoms with Crippen molar-refractivity contribution in [1.29, 1.82) is 0 Å². The van der Waals surface area contributed by atoms with Crippen molar-refractivity contribution in [2.75, 3.05) is 47.6 Å². The molecule has 1 fully saturated rings. The Morgan fingerprint density at radius 2 is 1.83 bits per heavy atom. The Morgan fingerprint density at radius 3 is 2.47 bits per heavy atom. The Morgan fingerprint density at radius 1 is 1.17 bits per heavy atom. The number of carbonyl (C=O) groups excluding carboxylic acids is 1. The summed E-state index contributed by atoms with van der Waals surface area (Å²) in [5.41, 5.74) is 0. The number of likely N-dealkylation sites (tertiary alicyclic amines) is 1. The highest BCUT2D eigenvalue weighted by Gasteiger charge is 2.31. The maximum Gasteiger partial charge on any atom is 0.328 e. The van der Waals surface area contributed by atoms with Gasteiger partial charge < -0.3 is 39.0 Å². The number of aliphatic hydroxyl groups excluding tert-OH is 1. The quantitative estimate of drug-likeness (QED) is 0.471. The molecule has 0 bridgehead atoms. The number of ether oxygens (including phenoxy) is 5. The number of fused-ring (bicyclic) bond motifs is 1. The van der Waals surface area contributed by atoms with Crippen molar-refractivity contribution in [3.8, 4) is 11.5 Å². The molecule has 1 saturated heterocycles. The van der Waals surface area contributed by atoms with Gasteiger partial charge in [-0.05, 0) is 25.0 Å². The normalized spacial score (nSPS) is 19.6. The number of methoxy groups -OCH3 is 3. The molecule has 166 valence electrons. The lowest BCUT2D eigenvalue weighted by Gasteiger charge is -2.34. The van der Waals surface area contributed by atoms with Crippen molar-refractivity contribution in [2.24, 2.45) is 0 Å². The minimum Gasteiger partial charge on any atom is -0.486 e. The molecule has 0 aliphatic carbocycles. The molecule has 1 aromatic rings. The summed E-state index contributed by atoms with van der Waals surface area (Å²) in [5.74, 6) is 1.19. The molecule has 0 saturated carbocycles. The lowest BCUT2D eigenvalue weighted by atomic mass is 10.0. The topological polar surface area (TPSA) is 98.7 Å². The molecule has 0 spiro atoms. The van der Waals surface area contributed by atoms with Gasteiger partial charge in [-0.3, -0.25) is 4.79 Å². The van der Waals surface area contributed by atoms with Gasteiger partial charge in [-0.2, -0.15) is 0 Å². The van der Waals surface area contributed by atoms with Crippen molar-refractivity contribution < 1.29 is 33.6 Å². The summed E-state index contributed by atoms with van der Waals surface area (Å²) < 4.78 is 26.8. The van der Waals surface area contributed by atoms with E-state index in [9.17, 15) is 9.90 Å². The zero-order valence-electron chi connectivity index (χ0n) is 17.6. The van der Waals surface area contributed by atoms with Gasteiger partial charge in [0.25, 0.3) is 11.7 Å². The highest BCUT2D eigenvalue weighted by atomic mass is 16.7. The lowest BCUT2D eigenvalue weighted by Crippen LogP contribution is -2.50. The maximum absolute atomic E-state index is 12.7. The molecule has 3 rings (SSSR count). The third-order valence-electron chi connectivity index (χ3n) is 5.31. The van der Waals surface area contributed by atoms with Crippen molar-refractivity contribution in [3.63, 3.8) is 0 Å². The largest absolute Gasteiger partial charge is 0.486 e. The number of piperidine rings is 1. The molecular formula is C21H30N2O7. The molecule has 2 N–H and O–H groups in total. The molecule has 2 aliphatic heterocycles. The van der Waals surface area contributed by atoms with Crippen LogP contribution in [0.1, 0.15) is 12.8 Å². The third kappa shape index (κ3) is 5.09. The van der Waals surface area contributed by atoms with Crippen molar-refractivity contribution in [1.82, 2.24) is 10.2 Å². The minimum atomic E-state index is -0.702. The average molecular weight is 422 g/mol. The molecule has 1 aromatic carbocycles. The summed E-state index contributed by atoms with van der Waals surface area (Å²) in [6.45, 7) is 1.82. The van der Waals surface area contributed by atoms with Gasteiger partial charge in [0.05, 0.1) is 21.3 Å². The second-order valence-electron chi connectivity index (χ2n) is 7.19. The summed E-state index contributed by atoms with van der Waals surface area (Å²) >= 11 is 0. The zero-order valence-corrected chi connectivity index (χ0v) is 17.6. The molecule has 2 unspecified atom stereocenters. The first-order chi connectivity index (χ1) is 14.6. The van der Waals surface area contributed by atoms with Gasteiger partial charge in [-0.15, -0.1) is 0 Å². The number of carbonyl (C=O) groups is 1. The minimum absolute atomic E-state index is 0.0524. The van der Waals surface area contributed by atoms with E-state index in [0.29, 0.717) is 37.7 Å². The van der Waals surface area contributed by atoms with Gasteiger partial charge in [0.15, 0.2) is 17.6 Å². The van der Waals surface area contributed by atoms with E-state index in [-0.39, 0.29) is 23.7 Å². The van der Waals surface area contributed by atoms with E-state index in [0.717, 1.165) is 12.8 Å². The average Bonchev–Trinajstić information content (AvgIpc) is 2.80. The van der Waals surface area contributed by atoms with Crippen LogP contribution >= 0.6 is 0 Å². The first-order valence-corrected chi connectivity index (χ1v) is 10.0. The smallest absolute Gasteiger partial charge is 0.328 e. The zero-order chi connectivity index (χ0) is 21.5. The van der Waals surface area contributed by atoms with Gasteiger partial charge in [0, 0.05) is 25.7 Å². The van der Waals surface area contributed by atoms with Gasteiger partial charge in [0.1, 0.15) is 12.7 Å². The number of rotatable bonds is 8. The van der Waals surface area contributed by atoms with Crippen LogP contribution in [0, 0.1) is 0 Å². The SMILES string of the molecule is COC(OC)=C(OC)C(=O)N1CCC(NCC(O)C2COc3ccccc3O2)CC1. The highest BCUT2D eigenvalue weighted by Crippen LogP contribution is 2.31. The van der Waals surface area contributed by atoms with Gasteiger partial charge in [-0.25, -0.2) is 0 Å². The second kappa shape index (κ2) is 10.4. The number of para-hydroxylation sites is 2. The number of hydrogen-bond donors (Lipinski definition) is 2. The number of amides is 1. The molecule has 0 aromatic heterocycles. The Hall–Kier alpha value is -2.65.